The third-order valence-electron chi connectivity index (χ3n) is 6.97. The van der Waals surface area contributed by atoms with Gasteiger partial charge in [-0.2, -0.15) is 0 Å². The summed E-state index contributed by atoms with van der Waals surface area (Å²) >= 11 is 1.57. The van der Waals surface area contributed by atoms with Gasteiger partial charge in [0.15, 0.2) is 9.84 Å². The van der Waals surface area contributed by atoms with Crippen LogP contribution in [0.4, 0.5) is 16.3 Å². The Morgan fingerprint density at radius 3 is 2.45 bits per heavy atom. The molecule has 10 heteroatoms. The Morgan fingerprint density at radius 1 is 1.03 bits per heavy atom. The first kappa shape index (κ1) is 26.6. The number of nitrogens with one attached hydrogen (secondary N) is 2. The van der Waals surface area contributed by atoms with E-state index in [9.17, 15) is 13.2 Å². The van der Waals surface area contributed by atoms with Crippen LogP contribution in [-0.4, -0.2) is 41.9 Å². The van der Waals surface area contributed by atoms with Crippen molar-refractivity contribution in [3.63, 3.8) is 0 Å². The quantitative estimate of drug-likeness (QED) is 0.334. The third kappa shape index (κ3) is 6.18. The maximum atomic E-state index is 13.4. The number of benzene rings is 1. The van der Waals surface area contributed by atoms with Crippen LogP contribution in [0.3, 0.4) is 0 Å². The Bertz CT molecular complexity index is 1390. The largest absolute Gasteiger partial charge is 0.447 e. The molecule has 1 aromatic carbocycles. The van der Waals surface area contributed by atoms with E-state index in [-0.39, 0.29) is 23.5 Å². The number of hydrogen-bond donors (Lipinski definition) is 2. The van der Waals surface area contributed by atoms with Crippen LogP contribution in [0.5, 0.6) is 0 Å². The molecule has 0 bridgehead atoms. The molecule has 5 rings (SSSR count). The van der Waals surface area contributed by atoms with Gasteiger partial charge in [-0.15, -0.1) is 11.3 Å². The van der Waals surface area contributed by atoms with E-state index in [1.165, 1.54) is 0 Å². The SMILES string of the molecule is Cc1ccc(Nc2ccc(-c3cnc([C@H]4CC[C@H](NC(=O)OC(C)C)CC4)s3)c(S(=O)(=O)C3CC3)c2)nc1. The summed E-state index contributed by atoms with van der Waals surface area (Å²) in [5.74, 6) is 0.964. The lowest BCUT2D eigenvalue weighted by Gasteiger charge is -2.28. The van der Waals surface area contributed by atoms with Gasteiger partial charge in [0.05, 0.1) is 26.1 Å². The Kier molecular flexibility index (Phi) is 7.72. The van der Waals surface area contributed by atoms with Gasteiger partial charge in [0.2, 0.25) is 0 Å². The maximum absolute atomic E-state index is 13.4. The molecule has 8 nitrogen and oxygen atoms in total. The molecule has 2 saturated carbocycles. The lowest BCUT2D eigenvalue weighted by molar-refractivity contribution is 0.109. The molecular formula is C28H34N4O4S2. The second-order valence-corrected chi connectivity index (χ2v) is 13.8. The molecule has 3 aromatic rings. The van der Waals surface area contributed by atoms with Gasteiger partial charge >= 0.3 is 6.09 Å². The summed E-state index contributed by atoms with van der Waals surface area (Å²) in [6.45, 7) is 5.65. The predicted molar refractivity (Wildman–Crippen MR) is 150 cm³/mol. The first-order valence-corrected chi connectivity index (χ1v) is 15.6. The number of hydrogen-bond acceptors (Lipinski definition) is 8. The van der Waals surface area contributed by atoms with Crippen molar-refractivity contribution in [3.8, 4) is 10.4 Å². The summed E-state index contributed by atoms with van der Waals surface area (Å²) in [4.78, 5) is 22.2. The molecule has 2 N–H and O–H groups in total. The van der Waals surface area contributed by atoms with Gasteiger partial charge in [0.25, 0.3) is 0 Å². The lowest BCUT2D eigenvalue weighted by atomic mass is 9.86. The third-order valence-corrected chi connectivity index (χ3v) is 10.5. The summed E-state index contributed by atoms with van der Waals surface area (Å²) in [7, 11) is -3.44. The molecule has 0 spiro atoms. The first-order valence-electron chi connectivity index (χ1n) is 13.2. The number of sulfone groups is 1. The average molecular weight is 555 g/mol. The fourth-order valence-corrected chi connectivity index (χ4v) is 7.87. The smallest absolute Gasteiger partial charge is 0.407 e. The summed E-state index contributed by atoms with van der Waals surface area (Å²) in [5.41, 5.74) is 2.45. The van der Waals surface area contributed by atoms with Crippen LogP contribution in [0.25, 0.3) is 10.4 Å². The number of aryl methyl sites for hydroxylation is 1. The van der Waals surface area contributed by atoms with E-state index >= 15 is 0 Å². The zero-order chi connectivity index (χ0) is 26.9. The van der Waals surface area contributed by atoms with E-state index in [1.54, 1.807) is 29.8 Å². The van der Waals surface area contributed by atoms with Crippen molar-refractivity contribution < 1.29 is 17.9 Å². The molecule has 2 aliphatic rings. The fourth-order valence-electron chi connectivity index (χ4n) is 4.79. The summed E-state index contributed by atoms with van der Waals surface area (Å²) < 4.78 is 32.1. The standard InChI is InChI=1S/C28H34N4O4S2/c1-17(2)36-28(33)32-20-7-5-19(6-8-20)27-30-16-24(37-27)23-12-9-21(31-26-13-4-18(3)15-29-26)14-25(23)38(34,35)22-10-11-22/h4,9,12-17,19-20,22H,5-8,10-11H2,1-3H3,(H,29,31)(H,32,33)/t19-,20-. The van der Waals surface area contributed by atoms with E-state index in [2.05, 4.69) is 15.6 Å². The van der Waals surface area contributed by atoms with Crippen LogP contribution in [0, 0.1) is 6.92 Å². The monoisotopic (exact) mass is 554 g/mol. The van der Waals surface area contributed by atoms with Crippen molar-refractivity contribution in [2.24, 2.45) is 0 Å². The number of alkyl carbamates (subject to hydrolysis) is 1. The second-order valence-electron chi connectivity index (χ2n) is 10.5. The number of thiazole rings is 1. The highest BCUT2D eigenvalue weighted by molar-refractivity contribution is 7.92. The predicted octanol–water partition coefficient (Wildman–Crippen LogP) is 6.35. The van der Waals surface area contributed by atoms with E-state index in [4.69, 9.17) is 9.72 Å². The number of amides is 1. The topological polar surface area (TPSA) is 110 Å². The number of anilines is 2. The number of rotatable bonds is 8. The van der Waals surface area contributed by atoms with Crippen molar-refractivity contribution in [2.45, 2.75) is 87.5 Å². The second kappa shape index (κ2) is 11.0. The minimum atomic E-state index is -3.44. The molecular weight excluding hydrogens is 520 g/mol. The maximum Gasteiger partial charge on any atom is 0.407 e. The van der Waals surface area contributed by atoms with Crippen molar-refractivity contribution in [1.82, 2.24) is 15.3 Å². The zero-order valence-electron chi connectivity index (χ0n) is 21.9. The van der Waals surface area contributed by atoms with Crippen molar-refractivity contribution in [1.29, 1.82) is 0 Å². The van der Waals surface area contributed by atoms with Crippen molar-refractivity contribution in [2.75, 3.05) is 5.32 Å². The van der Waals surface area contributed by atoms with Gasteiger partial charge < -0.3 is 15.4 Å². The Morgan fingerprint density at radius 2 is 1.79 bits per heavy atom. The van der Waals surface area contributed by atoms with Crippen LogP contribution in [0.1, 0.15) is 68.9 Å². The minimum absolute atomic E-state index is 0.107. The highest BCUT2D eigenvalue weighted by atomic mass is 32.2. The lowest BCUT2D eigenvalue weighted by Crippen LogP contribution is -2.38. The fraction of sp³-hybridized carbons (Fsp3) is 0.464. The molecule has 0 saturated heterocycles. The van der Waals surface area contributed by atoms with E-state index in [0.717, 1.165) is 41.1 Å². The summed E-state index contributed by atoms with van der Waals surface area (Å²) in [6, 6.07) is 9.46. The van der Waals surface area contributed by atoms with Crippen LogP contribution in [0.2, 0.25) is 0 Å². The van der Waals surface area contributed by atoms with Crippen LogP contribution >= 0.6 is 11.3 Å². The molecule has 0 radical (unpaired) electrons. The molecule has 38 heavy (non-hydrogen) atoms. The van der Waals surface area contributed by atoms with Crippen molar-refractivity contribution >= 4 is 38.8 Å². The van der Waals surface area contributed by atoms with Gasteiger partial charge in [-0.05, 0) is 83.1 Å². The van der Waals surface area contributed by atoms with Gasteiger partial charge in [-0.3, -0.25) is 0 Å². The van der Waals surface area contributed by atoms with Crippen LogP contribution in [-0.2, 0) is 14.6 Å². The molecule has 2 aliphatic carbocycles. The number of pyridine rings is 1. The molecule has 2 fully saturated rings. The van der Waals surface area contributed by atoms with E-state index in [1.807, 2.05) is 45.0 Å². The highest BCUT2D eigenvalue weighted by Gasteiger charge is 2.39. The molecule has 2 heterocycles. The van der Waals surface area contributed by atoms with E-state index in [0.29, 0.717) is 40.7 Å². The Labute approximate surface area is 228 Å². The number of nitrogens with zero attached hydrogens (tertiary/aromatic N) is 2. The highest BCUT2D eigenvalue weighted by Crippen LogP contribution is 2.43. The van der Waals surface area contributed by atoms with Crippen LogP contribution < -0.4 is 10.6 Å². The number of carbonyl (C=O) groups is 1. The normalized spacial score (nSPS) is 19.8. The molecule has 2 aromatic heterocycles. The Hall–Kier alpha value is -2.98. The average Bonchev–Trinajstić information content (AvgIpc) is 3.64. The molecule has 0 unspecified atom stereocenters. The number of ether oxygens (including phenoxy) is 1. The van der Waals surface area contributed by atoms with Gasteiger partial charge in [0, 0.05) is 35.6 Å². The van der Waals surface area contributed by atoms with Crippen molar-refractivity contribution in [3.05, 3.63) is 53.3 Å². The zero-order valence-corrected chi connectivity index (χ0v) is 23.6. The summed E-state index contributed by atoms with van der Waals surface area (Å²) in [5, 5.41) is 6.91. The van der Waals surface area contributed by atoms with Crippen LogP contribution in [0.15, 0.2) is 47.6 Å². The molecule has 1 amide bonds. The minimum Gasteiger partial charge on any atom is -0.447 e. The number of carbonyl (C=O) groups excluding carboxylic acids is 1. The van der Waals surface area contributed by atoms with Gasteiger partial charge in [-0.1, -0.05) is 12.1 Å². The molecule has 0 atom stereocenters. The van der Waals surface area contributed by atoms with Gasteiger partial charge in [-0.25, -0.2) is 23.2 Å². The number of aromatic nitrogens is 2. The van der Waals surface area contributed by atoms with Gasteiger partial charge in [0.1, 0.15) is 5.82 Å². The molecule has 202 valence electrons. The van der Waals surface area contributed by atoms with E-state index < -0.39 is 9.84 Å². The molecule has 0 aliphatic heterocycles. The first-order chi connectivity index (χ1) is 18.2. The summed E-state index contributed by atoms with van der Waals surface area (Å²) in [6.07, 6.45) is 8.04. The Balaban J connectivity index is 1.33.